The molecule has 1 fully saturated rings. The van der Waals surface area contributed by atoms with Gasteiger partial charge in [-0.25, -0.2) is 0 Å². The molecule has 0 aromatic heterocycles. The zero-order chi connectivity index (χ0) is 6.15. The fourth-order valence-corrected chi connectivity index (χ4v) is 0.975. The second-order valence-electron chi connectivity index (χ2n) is 2.51. The van der Waals surface area contributed by atoms with Gasteiger partial charge in [-0.2, -0.15) is 0 Å². The maximum Gasteiger partial charge on any atom is 0.0540 e. The molecule has 0 amide bonds. The van der Waals surface area contributed by atoms with Gasteiger partial charge in [-0.15, -0.1) is 0 Å². The smallest absolute Gasteiger partial charge is 0.0540 e. The molecule has 0 spiro atoms. The van der Waals surface area contributed by atoms with Crippen LogP contribution < -0.4 is 5.73 Å². The lowest BCUT2D eigenvalue weighted by Gasteiger charge is -1.97. The van der Waals surface area contributed by atoms with Gasteiger partial charge in [-0.1, -0.05) is 0 Å². The summed E-state index contributed by atoms with van der Waals surface area (Å²) >= 11 is 0. The van der Waals surface area contributed by atoms with Crippen LogP contribution >= 0.6 is 0 Å². The van der Waals surface area contributed by atoms with E-state index in [0.717, 1.165) is 6.42 Å². The molecule has 0 aliphatic heterocycles. The van der Waals surface area contributed by atoms with Crippen LogP contribution in [0.3, 0.4) is 0 Å². The molecule has 0 bridgehead atoms. The lowest BCUT2D eigenvalue weighted by Crippen LogP contribution is -2.18. The molecule has 2 heteroatoms. The molecule has 46 valence electrons. The Labute approximate surface area is 49.8 Å². The van der Waals surface area contributed by atoms with Crippen molar-refractivity contribution in [3.63, 3.8) is 0 Å². The lowest BCUT2D eigenvalue weighted by molar-refractivity contribution is 0.630. The van der Waals surface area contributed by atoms with Gasteiger partial charge in [0.1, 0.15) is 0 Å². The summed E-state index contributed by atoms with van der Waals surface area (Å²) in [6.45, 7) is 5.47. The maximum absolute atomic E-state index is 5.58. The monoisotopic (exact) mass is 112 g/mol. The molecule has 8 heavy (non-hydrogen) atoms. The van der Waals surface area contributed by atoms with E-state index in [1.807, 2.05) is 6.92 Å². The van der Waals surface area contributed by atoms with Crippen LogP contribution in [0, 0.1) is 5.92 Å². The molecule has 1 rings (SSSR count). The van der Waals surface area contributed by atoms with Crippen LogP contribution in [-0.2, 0) is 0 Å². The van der Waals surface area contributed by atoms with Crippen molar-refractivity contribution < 1.29 is 0 Å². The molecular weight excluding hydrogens is 100 g/mol. The zero-order valence-electron chi connectivity index (χ0n) is 5.17. The third-order valence-corrected chi connectivity index (χ3v) is 1.71. The second kappa shape index (κ2) is 1.86. The number of nitrogens with two attached hydrogens (primary N) is 1. The van der Waals surface area contributed by atoms with Crippen LogP contribution in [0.25, 0.3) is 0 Å². The summed E-state index contributed by atoms with van der Waals surface area (Å²) in [5.41, 5.74) is 5.58. The minimum absolute atomic E-state index is 0.311. The first-order valence-corrected chi connectivity index (χ1v) is 2.97. The Morgan fingerprint density at radius 1 is 1.88 bits per heavy atom. The SMILES string of the molecule is C=N[C@H]1CC1[C@H](C)N. The first-order chi connectivity index (χ1) is 3.75. The number of hydrogen-bond acceptors (Lipinski definition) is 2. The third-order valence-electron chi connectivity index (χ3n) is 1.71. The predicted molar refractivity (Wildman–Crippen MR) is 35.1 cm³/mol. The van der Waals surface area contributed by atoms with Crippen molar-refractivity contribution in [3.05, 3.63) is 0 Å². The zero-order valence-corrected chi connectivity index (χ0v) is 5.17. The summed E-state index contributed by atoms with van der Waals surface area (Å²) in [5, 5.41) is 0. The fourth-order valence-electron chi connectivity index (χ4n) is 0.975. The van der Waals surface area contributed by atoms with E-state index in [2.05, 4.69) is 11.7 Å². The highest BCUT2D eigenvalue weighted by atomic mass is 14.9. The van der Waals surface area contributed by atoms with Gasteiger partial charge in [0.05, 0.1) is 6.04 Å². The Morgan fingerprint density at radius 2 is 2.50 bits per heavy atom. The van der Waals surface area contributed by atoms with Crippen LogP contribution in [0.2, 0.25) is 0 Å². The highest BCUT2D eigenvalue weighted by molar-refractivity contribution is 5.26. The predicted octanol–water partition coefficient (Wildman–Crippen LogP) is 0.423. The molecule has 0 saturated heterocycles. The van der Waals surface area contributed by atoms with Gasteiger partial charge in [-0.05, 0) is 26.0 Å². The molecule has 1 unspecified atom stereocenters. The molecular formula is C6H12N2. The van der Waals surface area contributed by atoms with E-state index in [1.54, 1.807) is 0 Å². The van der Waals surface area contributed by atoms with E-state index in [0.29, 0.717) is 18.0 Å². The molecule has 0 aromatic rings. The standard InChI is InChI=1S/C6H12N2/c1-4(7)5-3-6(5)8-2/h4-6H,2-3,7H2,1H3/t4-,5?,6-/m0/s1. The normalized spacial score (nSPS) is 38.8. The van der Waals surface area contributed by atoms with Crippen molar-refractivity contribution in [2.24, 2.45) is 16.6 Å². The molecule has 0 aromatic carbocycles. The fraction of sp³-hybridized carbons (Fsp3) is 0.833. The van der Waals surface area contributed by atoms with E-state index < -0.39 is 0 Å². The van der Waals surface area contributed by atoms with Crippen molar-refractivity contribution in [1.82, 2.24) is 0 Å². The van der Waals surface area contributed by atoms with Crippen LogP contribution in [-0.4, -0.2) is 18.8 Å². The summed E-state index contributed by atoms with van der Waals surface area (Å²) in [4.78, 5) is 3.87. The second-order valence-corrected chi connectivity index (χ2v) is 2.51. The van der Waals surface area contributed by atoms with Gasteiger partial charge in [-0.3, -0.25) is 4.99 Å². The molecule has 3 atom stereocenters. The summed E-state index contributed by atoms with van der Waals surface area (Å²) < 4.78 is 0. The van der Waals surface area contributed by atoms with Crippen LogP contribution in [0.4, 0.5) is 0 Å². The Bertz CT molecular complexity index is 98.7. The van der Waals surface area contributed by atoms with E-state index in [-0.39, 0.29) is 0 Å². The topological polar surface area (TPSA) is 38.4 Å². The highest BCUT2D eigenvalue weighted by Gasteiger charge is 2.38. The number of hydrogen-bond donors (Lipinski definition) is 1. The molecule has 1 saturated carbocycles. The van der Waals surface area contributed by atoms with Crippen molar-refractivity contribution in [3.8, 4) is 0 Å². The average molecular weight is 112 g/mol. The summed E-state index contributed by atoms with van der Waals surface area (Å²) in [5.74, 6) is 0.632. The van der Waals surface area contributed by atoms with Gasteiger partial charge in [0, 0.05) is 6.04 Å². The van der Waals surface area contributed by atoms with Crippen molar-refractivity contribution in [2.75, 3.05) is 0 Å². The lowest BCUT2D eigenvalue weighted by atomic mass is 10.2. The number of rotatable bonds is 2. The van der Waals surface area contributed by atoms with Gasteiger partial charge >= 0.3 is 0 Å². The van der Waals surface area contributed by atoms with Crippen LogP contribution in [0.15, 0.2) is 4.99 Å². The first-order valence-electron chi connectivity index (χ1n) is 2.97. The quantitative estimate of drug-likeness (QED) is 0.517. The van der Waals surface area contributed by atoms with Gasteiger partial charge in [0.15, 0.2) is 0 Å². The van der Waals surface area contributed by atoms with Gasteiger partial charge in [0.25, 0.3) is 0 Å². The minimum atomic E-state index is 0.311. The van der Waals surface area contributed by atoms with E-state index in [4.69, 9.17) is 5.73 Å². The third kappa shape index (κ3) is 0.892. The maximum atomic E-state index is 5.58. The Morgan fingerprint density at radius 3 is 2.62 bits per heavy atom. The van der Waals surface area contributed by atoms with Crippen LogP contribution in [0.1, 0.15) is 13.3 Å². The Balaban J connectivity index is 2.26. The largest absolute Gasteiger partial charge is 0.328 e. The van der Waals surface area contributed by atoms with E-state index in [1.165, 1.54) is 0 Å². The molecule has 2 N–H and O–H groups in total. The van der Waals surface area contributed by atoms with E-state index in [9.17, 15) is 0 Å². The minimum Gasteiger partial charge on any atom is -0.328 e. The summed E-state index contributed by atoms with van der Waals surface area (Å²) in [6.07, 6.45) is 1.15. The van der Waals surface area contributed by atoms with Gasteiger partial charge < -0.3 is 5.73 Å². The highest BCUT2D eigenvalue weighted by Crippen LogP contribution is 2.35. The van der Waals surface area contributed by atoms with E-state index >= 15 is 0 Å². The molecule has 1 aliphatic carbocycles. The Kier molecular flexibility index (Phi) is 1.34. The summed E-state index contributed by atoms with van der Waals surface area (Å²) in [6, 6.07) is 0.792. The molecule has 1 aliphatic rings. The Hall–Kier alpha value is -0.370. The van der Waals surface area contributed by atoms with Gasteiger partial charge in [0.2, 0.25) is 0 Å². The number of nitrogens with zero attached hydrogens (tertiary/aromatic N) is 1. The molecule has 2 nitrogen and oxygen atoms in total. The van der Waals surface area contributed by atoms with Crippen molar-refractivity contribution in [2.45, 2.75) is 25.4 Å². The number of aliphatic imine (C=N–C) groups is 1. The first kappa shape index (κ1) is 5.76. The van der Waals surface area contributed by atoms with Crippen LogP contribution in [0.5, 0.6) is 0 Å². The van der Waals surface area contributed by atoms with Crippen molar-refractivity contribution in [1.29, 1.82) is 0 Å². The summed E-state index contributed by atoms with van der Waals surface area (Å²) in [7, 11) is 0. The molecule has 0 heterocycles. The molecule has 0 radical (unpaired) electrons. The van der Waals surface area contributed by atoms with Crippen molar-refractivity contribution >= 4 is 6.72 Å². The average Bonchev–Trinajstić information content (AvgIpc) is 2.42.